The van der Waals surface area contributed by atoms with Gasteiger partial charge in [0.05, 0.1) is 0 Å². The van der Waals surface area contributed by atoms with Crippen LogP contribution in [0.4, 0.5) is 5.69 Å². The van der Waals surface area contributed by atoms with Crippen molar-refractivity contribution in [1.29, 1.82) is 0 Å². The quantitative estimate of drug-likeness (QED) is 0.817. The molecular weight excluding hydrogens is 234 g/mol. The molecule has 0 radical (unpaired) electrons. The zero-order chi connectivity index (χ0) is 14.4. The van der Waals surface area contributed by atoms with Crippen LogP contribution in [0.3, 0.4) is 0 Å². The molecule has 108 valence electrons. The molecule has 0 fully saturated rings. The molecule has 0 unspecified atom stereocenters. The van der Waals surface area contributed by atoms with E-state index < -0.39 is 0 Å². The summed E-state index contributed by atoms with van der Waals surface area (Å²) in [5, 5.41) is 3.51. The molecular formula is C16H29N3. The second-order valence-corrected chi connectivity index (χ2v) is 5.86. The van der Waals surface area contributed by atoms with Gasteiger partial charge in [-0.25, -0.2) is 0 Å². The molecule has 1 aromatic heterocycles. The second-order valence-electron chi connectivity index (χ2n) is 5.86. The van der Waals surface area contributed by atoms with Gasteiger partial charge in [0.1, 0.15) is 0 Å². The Kier molecular flexibility index (Phi) is 6.29. The highest BCUT2D eigenvalue weighted by Crippen LogP contribution is 2.22. The van der Waals surface area contributed by atoms with Crippen molar-refractivity contribution >= 4 is 5.69 Å². The predicted octanol–water partition coefficient (Wildman–Crippen LogP) is 3.37. The molecule has 3 nitrogen and oxygen atoms in total. The maximum absolute atomic E-state index is 4.45. The molecule has 1 rings (SSSR count). The maximum atomic E-state index is 4.45. The van der Waals surface area contributed by atoms with Gasteiger partial charge in [0.15, 0.2) is 0 Å². The van der Waals surface area contributed by atoms with Crippen molar-refractivity contribution in [2.24, 2.45) is 5.92 Å². The topological polar surface area (TPSA) is 28.2 Å². The highest BCUT2D eigenvalue weighted by atomic mass is 15.2. The van der Waals surface area contributed by atoms with Crippen molar-refractivity contribution in [3.8, 4) is 0 Å². The van der Waals surface area contributed by atoms with Crippen molar-refractivity contribution in [1.82, 2.24) is 10.3 Å². The average molecular weight is 263 g/mol. The van der Waals surface area contributed by atoms with E-state index in [1.165, 1.54) is 11.3 Å². The monoisotopic (exact) mass is 263 g/mol. The van der Waals surface area contributed by atoms with Crippen molar-refractivity contribution in [3.63, 3.8) is 0 Å². The van der Waals surface area contributed by atoms with Crippen molar-refractivity contribution in [3.05, 3.63) is 23.5 Å². The van der Waals surface area contributed by atoms with Crippen molar-refractivity contribution in [2.45, 2.75) is 54.1 Å². The van der Waals surface area contributed by atoms with Gasteiger partial charge in [-0.05, 0) is 46.2 Å². The number of aromatic nitrogens is 1. The third-order valence-corrected chi connectivity index (χ3v) is 3.24. The Morgan fingerprint density at radius 3 is 2.47 bits per heavy atom. The van der Waals surface area contributed by atoms with E-state index in [2.05, 4.69) is 62.8 Å². The molecule has 0 atom stereocenters. The Morgan fingerprint density at radius 2 is 1.95 bits per heavy atom. The molecule has 1 heterocycles. The molecule has 0 aliphatic rings. The molecule has 19 heavy (non-hydrogen) atoms. The number of anilines is 1. The molecule has 0 aromatic carbocycles. The van der Waals surface area contributed by atoms with E-state index in [0.29, 0.717) is 12.0 Å². The summed E-state index contributed by atoms with van der Waals surface area (Å²) in [6.07, 6.45) is 2.02. The van der Waals surface area contributed by atoms with Crippen LogP contribution in [0.1, 0.15) is 45.9 Å². The molecule has 0 bridgehead atoms. The van der Waals surface area contributed by atoms with Crippen LogP contribution in [0.2, 0.25) is 0 Å². The lowest BCUT2D eigenvalue weighted by atomic mass is 10.1. The Labute approximate surface area is 118 Å². The third kappa shape index (κ3) is 4.83. The highest BCUT2D eigenvalue weighted by Gasteiger charge is 2.13. The summed E-state index contributed by atoms with van der Waals surface area (Å²) < 4.78 is 0. The summed E-state index contributed by atoms with van der Waals surface area (Å²) in [4.78, 5) is 6.88. The lowest BCUT2D eigenvalue weighted by molar-refractivity contribution is 0.550. The van der Waals surface area contributed by atoms with Crippen LogP contribution in [0, 0.1) is 12.8 Å². The fourth-order valence-electron chi connectivity index (χ4n) is 2.29. The number of pyridine rings is 1. The molecule has 3 heteroatoms. The fraction of sp³-hybridized carbons (Fsp3) is 0.688. The molecule has 0 spiro atoms. The zero-order valence-corrected chi connectivity index (χ0v) is 13.3. The predicted molar refractivity (Wildman–Crippen MR) is 83.7 cm³/mol. The lowest BCUT2D eigenvalue weighted by Crippen LogP contribution is -2.32. The van der Waals surface area contributed by atoms with Gasteiger partial charge in [0.2, 0.25) is 0 Å². The first-order valence-corrected chi connectivity index (χ1v) is 7.38. The normalized spacial score (nSPS) is 11.4. The number of hydrogen-bond donors (Lipinski definition) is 1. The van der Waals surface area contributed by atoms with Crippen LogP contribution in [-0.4, -0.2) is 24.1 Å². The van der Waals surface area contributed by atoms with E-state index in [9.17, 15) is 0 Å². The highest BCUT2D eigenvalue weighted by molar-refractivity contribution is 5.54. The summed E-state index contributed by atoms with van der Waals surface area (Å²) in [6, 6.07) is 2.71. The molecule has 0 aliphatic carbocycles. The summed E-state index contributed by atoms with van der Waals surface area (Å²) in [7, 11) is 0. The van der Waals surface area contributed by atoms with Crippen LogP contribution in [0.25, 0.3) is 0 Å². The van der Waals surface area contributed by atoms with E-state index in [4.69, 9.17) is 0 Å². The number of aryl methyl sites for hydroxylation is 1. The van der Waals surface area contributed by atoms with E-state index >= 15 is 0 Å². The fourth-order valence-corrected chi connectivity index (χ4v) is 2.29. The molecule has 1 N–H and O–H groups in total. The van der Waals surface area contributed by atoms with Gasteiger partial charge in [0, 0.05) is 42.3 Å². The molecule has 1 aromatic rings. The summed E-state index contributed by atoms with van der Waals surface area (Å²) in [5.41, 5.74) is 3.70. The minimum absolute atomic E-state index is 0.510. The van der Waals surface area contributed by atoms with Crippen LogP contribution in [-0.2, 0) is 6.54 Å². The van der Waals surface area contributed by atoms with E-state index in [1.807, 2.05) is 6.20 Å². The molecule has 0 saturated heterocycles. The minimum atomic E-state index is 0.510. The number of rotatable bonds is 7. The van der Waals surface area contributed by atoms with Gasteiger partial charge in [-0.15, -0.1) is 0 Å². The smallest absolute Gasteiger partial charge is 0.0447 e. The first-order valence-electron chi connectivity index (χ1n) is 7.38. The van der Waals surface area contributed by atoms with E-state index in [-0.39, 0.29) is 0 Å². The van der Waals surface area contributed by atoms with Crippen LogP contribution in [0.5, 0.6) is 0 Å². The van der Waals surface area contributed by atoms with Gasteiger partial charge < -0.3 is 10.2 Å². The number of hydrogen-bond acceptors (Lipinski definition) is 3. The third-order valence-electron chi connectivity index (χ3n) is 3.24. The molecule has 0 aliphatic heterocycles. The second kappa shape index (κ2) is 7.49. The Morgan fingerprint density at radius 1 is 1.26 bits per heavy atom. The average Bonchev–Trinajstić information content (AvgIpc) is 2.32. The Hall–Kier alpha value is -1.09. The van der Waals surface area contributed by atoms with Crippen LogP contribution >= 0.6 is 0 Å². The van der Waals surface area contributed by atoms with Gasteiger partial charge >= 0.3 is 0 Å². The molecule has 0 amide bonds. The van der Waals surface area contributed by atoms with E-state index in [1.54, 1.807) is 0 Å². The minimum Gasteiger partial charge on any atom is -0.369 e. The van der Waals surface area contributed by atoms with Crippen molar-refractivity contribution in [2.75, 3.05) is 18.0 Å². The van der Waals surface area contributed by atoms with E-state index in [0.717, 1.165) is 25.3 Å². The van der Waals surface area contributed by atoms with Gasteiger partial charge in [-0.1, -0.05) is 13.8 Å². The standard InChI is InChI=1S/C16H29N3/c1-7-19(13(4)5)16-8-14(6)18-11-15(16)10-17-9-12(2)3/h8,11-13,17H,7,9-10H2,1-6H3. The van der Waals surface area contributed by atoms with Gasteiger partial charge in [-0.3, -0.25) is 4.98 Å². The number of nitrogens with zero attached hydrogens (tertiary/aromatic N) is 2. The van der Waals surface area contributed by atoms with Crippen molar-refractivity contribution < 1.29 is 0 Å². The number of nitrogens with one attached hydrogen (secondary N) is 1. The zero-order valence-electron chi connectivity index (χ0n) is 13.3. The first kappa shape index (κ1) is 16.0. The first-order chi connectivity index (χ1) is 8.95. The van der Waals surface area contributed by atoms with Crippen LogP contribution in [0.15, 0.2) is 12.3 Å². The maximum Gasteiger partial charge on any atom is 0.0447 e. The Balaban J connectivity index is 2.90. The van der Waals surface area contributed by atoms with Gasteiger partial charge in [-0.2, -0.15) is 0 Å². The molecule has 0 saturated carbocycles. The summed E-state index contributed by atoms with van der Waals surface area (Å²) >= 11 is 0. The summed E-state index contributed by atoms with van der Waals surface area (Å²) in [6.45, 7) is 16.2. The SMILES string of the molecule is CCN(c1cc(C)ncc1CNCC(C)C)C(C)C. The van der Waals surface area contributed by atoms with Crippen LogP contribution < -0.4 is 10.2 Å². The Bertz CT molecular complexity index is 386. The summed E-state index contributed by atoms with van der Waals surface area (Å²) in [5.74, 6) is 0.675. The van der Waals surface area contributed by atoms with Gasteiger partial charge in [0.25, 0.3) is 0 Å². The lowest BCUT2D eigenvalue weighted by Gasteiger charge is -2.30. The largest absolute Gasteiger partial charge is 0.369 e.